The van der Waals surface area contributed by atoms with E-state index >= 15 is 0 Å². The third kappa shape index (κ3) is 3.19. The number of aromatic nitrogens is 1. The highest BCUT2D eigenvalue weighted by atomic mass is 16.6. The van der Waals surface area contributed by atoms with Crippen molar-refractivity contribution in [2.45, 2.75) is 18.8 Å². The Morgan fingerprint density at radius 2 is 2.67 bits per heavy atom. The average molecular weight is 301 g/mol. The minimum atomic E-state index is -3.46. The molecule has 0 aliphatic carbocycles. The first-order chi connectivity index (χ1) is 15.7. The number of hydrogen-bond donors (Lipinski definition) is 2. The highest BCUT2D eigenvalue weighted by Gasteiger charge is 2.22. The second-order valence-corrected chi connectivity index (χ2v) is 4.40. The zero-order valence-electron chi connectivity index (χ0n) is 25.1. The van der Waals surface area contributed by atoms with Crippen molar-refractivity contribution in [3.8, 4) is 0 Å². The molecule has 1 aromatic heterocycles. The van der Waals surface area contributed by atoms with Crippen LogP contribution >= 0.6 is 0 Å². The topological polar surface area (TPSA) is 57.4 Å². The van der Waals surface area contributed by atoms with Crippen LogP contribution in [0.3, 0.4) is 0 Å². The number of carbonyl (C=O) groups excluding carboxylic acids is 1. The summed E-state index contributed by atoms with van der Waals surface area (Å²) < 4.78 is 117. The number of nitrogens with one attached hydrogen (secondary N) is 2. The highest BCUT2D eigenvalue weighted by Crippen LogP contribution is 2.21. The Balaban J connectivity index is 2.32. The zero-order chi connectivity index (χ0) is 27.0. The molecule has 21 heavy (non-hydrogen) atoms. The molecule has 0 unspecified atom stereocenters. The van der Waals surface area contributed by atoms with Gasteiger partial charge in [-0.3, -0.25) is 0 Å². The minimum Gasteiger partial charge on any atom is -0.447 e. The van der Waals surface area contributed by atoms with Crippen molar-refractivity contribution in [1.82, 2.24) is 15.2 Å². The van der Waals surface area contributed by atoms with E-state index in [0.29, 0.717) is 4.98 Å². The van der Waals surface area contributed by atoms with Crippen LogP contribution in [0.25, 0.3) is 10.9 Å². The van der Waals surface area contributed by atoms with E-state index < -0.39 is 67.4 Å². The number of rotatable bonds is 5. The first kappa shape index (κ1) is 5.02. The SMILES string of the molecule is [2H]c1c(C([2H])([2H])[C@]2([2H])N([2H])C(=O)OC2([2H])[2H])c([2H])c2c(CCN(C)C([2H])([2H])[2H])c([2H])n([2H])c2c1[2H]. The van der Waals surface area contributed by atoms with Crippen LogP contribution in [0, 0.1) is 0 Å². The predicted octanol–water partition coefficient (Wildman–Crippen LogP) is 1.92. The molecule has 0 spiro atoms. The summed E-state index contributed by atoms with van der Waals surface area (Å²) in [4.78, 5) is 13.2. The number of alkyl carbamates (subject to hydrolysis) is 1. The lowest BCUT2D eigenvalue weighted by Crippen LogP contribution is -2.28. The summed E-state index contributed by atoms with van der Waals surface area (Å²) in [5.41, 5.74) is -1.51. The summed E-state index contributed by atoms with van der Waals surface area (Å²) in [5.74, 6) is 0. The lowest BCUT2D eigenvalue weighted by atomic mass is 10.0. The molecule has 0 radical (unpaired) electrons. The van der Waals surface area contributed by atoms with Gasteiger partial charge in [0.25, 0.3) is 0 Å². The Morgan fingerprint density at radius 1 is 1.76 bits per heavy atom. The van der Waals surface area contributed by atoms with E-state index in [0.717, 1.165) is 4.90 Å². The summed E-state index contributed by atoms with van der Waals surface area (Å²) in [6.07, 6.45) is -5.87. The van der Waals surface area contributed by atoms with Crippen LogP contribution in [0.2, 0.25) is 2.82 Å². The minimum absolute atomic E-state index is 0.0924. The van der Waals surface area contributed by atoms with Gasteiger partial charge >= 0.3 is 6.09 Å². The molecular formula is C16H21N3O2. The normalized spacial score (nSPS) is 35.5. The molecule has 1 fully saturated rings. The molecule has 1 saturated heterocycles. The van der Waals surface area contributed by atoms with E-state index in [1.54, 1.807) is 0 Å². The number of nitrogens with zero attached hydrogens (tertiary/aromatic N) is 1. The average Bonchev–Trinajstić information content (AvgIpc) is 3.06. The standard InChI is InChI=1S/C16H21N3O2/c1-19(2)6-5-12-9-17-15-4-3-11(8-14(12)15)7-13-10-21-16(20)18-13/h3-4,8-9,13,17H,5-7,10H2,1-2H3,(H,18,20)/t13-/m0/s1/i1D3,3D,4D,7D2,8D,9D,10D2,13D/hD2. The van der Waals surface area contributed by atoms with Crippen molar-refractivity contribution < 1.29 is 28.8 Å². The molecular weight excluding hydrogens is 266 g/mol. The predicted molar refractivity (Wildman–Crippen MR) is 82.5 cm³/mol. The quantitative estimate of drug-likeness (QED) is 0.887. The number of cyclic esters (lactones) is 1. The second kappa shape index (κ2) is 5.77. The molecule has 112 valence electrons. The number of likely N-dealkylation sites (N-methyl/N-ethyl adjacent to an activating group) is 1. The molecule has 1 atom stereocenters. The lowest BCUT2D eigenvalue weighted by Gasteiger charge is -2.09. The van der Waals surface area contributed by atoms with Crippen LogP contribution in [-0.4, -0.2) is 49.1 Å². The summed E-state index contributed by atoms with van der Waals surface area (Å²) in [5, 5.41) is -0.702. The van der Waals surface area contributed by atoms with Crippen LogP contribution in [0.15, 0.2) is 24.3 Å². The van der Waals surface area contributed by atoms with Crippen molar-refractivity contribution in [3.63, 3.8) is 0 Å². The van der Waals surface area contributed by atoms with E-state index in [-0.39, 0.29) is 29.2 Å². The third-order valence-corrected chi connectivity index (χ3v) is 2.78. The van der Waals surface area contributed by atoms with Crippen molar-refractivity contribution in [3.05, 3.63) is 35.4 Å². The van der Waals surface area contributed by atoms with Crippen LogP contribution < -0.4 is 5.31 Å². The zero-order valence-corrected chi connectivity index (χ0v) is 11.1. The number of hydrogen-bond acceptors (Lipinski definition) is 3. The summed E-state index contributed by atoms with van der Waals surface area (Å²) >= 11 is 0. The molecule has 5 heteroatoms. The Morgan fingerprint density at radius 3 is 3.43 bits per heavy atom. The van der Waals surface area contributed by atoms with Gasteiger partial charge in [0.2, 0.25) is 0 Å². The number of ether oxygens (including phenoxy) is 1. The number of amides is 1. The molecule has 2 aromatic rings. The van der Waals surface area contributed by atoms with Gasteiger partial charge in [0.15, 0.2) is 2.82 Å². The van der Waals surface area contributed by atoms with Gasteiger partial charge in [-0.15, -0.1) is 0 Å². The fourth-order valence-corrected chi connectivity index (χ4v) is 1.80. The Labute approximate surface area is 144 Å². The molecule has 3 rings (SSSR count). The smallest absolute Gasteiger partial charge is 0.407 e. The monoisotopic (exact) mass is 301 g/mol. The molecule has 1 amide bonds. The van der Waals surface area contributed by atoms with E-state index in [9.17, 15) is 4.79 Å². The van der Waals surface area contributed by atoms with Crippen LogP contribution in [0.1, 0.15) is 27.6 Å². The Kier molecular flexibility index (Phi) is 1.38. The van der Waals surface area contributed by atoms with Crippen LogP contribution in [-0.2, 0) is 17.5 Å². The van der Waals surface area contributed by atoms with Gasteiger partial charge in [-0.2, -0.15) is 0 Å². The number of aromatic amines is 1. The third-order valence-electron chi connectivity index (χ3n) is 2.78. The fraction of sp³-hybridized carbons (Fsp3) is 0.438. The van der Waals surface area contributed by atoms with Gasteiger partial charge in [-0.1, -0.05) is 6.04 Å². The van der Waals surface area contributed by atoms with E-state index in [1.807, 2.05) is 0 Å². The number of benzene rings is 1. The lowest BCUT2D eigenvalue weighted by molar-refractivity contribution is 0.177. The first-order valence-electron chi connectivity index (χ1n) is 13.0. The summed E-state index contributed by atoms with van der Waals surface area (Å²) in [7, 11) is 1.28. The highest BCUT2D eigenvalue weighted by molar-refractivity contribution is 5.84. The Bertz CT molecular complexity index is 1210. The fourth-order valence-electron chi connectivity index (χ4n) is 1.80. The molecule has 2 heterocycles. The van der Waals surface area contributed by atoms with Gasteiger partial charge in [0, 0.05) is 30.5 Å². The van der Waals surface area contributed by atoms with Crippen molar-refractivity contribution in [2.24, 2.45) is 0 Å². The molecule has 5 nitrogen and oxygen atoms in total. The molecule has 0 bridgehead atoms. The largest absolute Gasteiger partial charge is 0.447 e. The van der Waals surface area contributed by atoms with Crippen molar-refractivity contribution in [1.29, 1.82) is 0 Å². The number of carbonyl (C=O) groups is 1. The van der Waals surface area contributed by atoms with E-state index in [4.69, 9.17) is 19.3 Å². The molecule has 1 aliphatic heterocycles. The molecule has 1 aliphatic rings. The maximum absolute atomic E-state index is 11.8. The van der Waals surface area contributed by atoms with Gasteiger partial charge < -0.3 is 19.9 Å². The van der Waals surface area contributed by atoms with Gasteiger partial charge in [-0.25, -0.2) is 4.79 Å². The molecule has 1 aromatic carbocycles. The van der Waals surface area contributed by atoms with E-state index in [1.165, 1.54) is 7.05 Å². The number of fused-ring (bicyclic) bond motifs is 1. The molecule has 2 N–H and O–H groups in total. The second-order valence-electron chi connectivity index (χ2n) is 4.40. The summed E-state index contributed by atoms with van der Waals surface area (Å²) in [6, 6.07) is -6.09. The van der Waals surface area contributed by atoms with Crippen molar-refractivity contribution in [2.75, 3.05) is 27.1 Å². The maximum Gasteiger partial charge on any atom is 0.407 e. The summed E-state index contributed by atoms with van der Waals surface area (Å²) in [6.45, 7) is -6.05. The molecule has 0 saturated carbocycles. The first-order valence-corrected chi connectivity index (χ1v) is 6.10. The maximum atomic E-state index is 11.8. The van der Waals surface area contributed by atoms with Crippen LogP contribution in [0.5, 0.6) is 0 Å². The Hall–Kier alpha value is -2.01. The van der Waals surface area contributed by atoms with Crippen LogP contribution in [0.4, 0.5) is 4.79 Å². The van der Waals surface area contributed by atoms with Gasteiger partial charge in [-0.05, 0) is 50.0 Å². The van der Waals surface area contributed by atoms with Gasteiger partial charge in [0.1, 0.15) is 6.56 Å². The van der Waals surface area contributed by atoms with Crippen molar-refractivity contribution >= 4 is 17.0 Å². The number of H-pyrrole nitrogens is 1. The van der Waals surface area contributed by atoms with E-state index in [2.05, 4.69) is 4.74 Å². The van der Waals surface area contributed by atoms with Gasteiger partial charge in [0.05, 0.1) is 15.6 Å².